The molecule has 31 heavy (non-hydrogen) atoms. The van der Waals surface area contributed by atoms with Crippen LogP contribution in [-0.2, 0) is 32.5 Å². The molecule has 1 aromatic carbocycles. The van der Waals surface area contributed by atoms with Crippen molar-refractivity contribution in [1.82, 2.24) is 4.57 Å². The number of carbonyl (C=O) groups excluding carboxylic acids is 2. The molecule has 170 valence electrons. The molecule has 0 aliphatic heterocycles. The summed E-state index contributed by atoms with van der Waals surface area (Å²) in [5, 5.41) is 1.14. The van der Waals surface area contributed by atoms with Crippen molar-refractivity contribution in [3.63, 3.8) is 0 Å². The molecule has 0 bridgehead atoms. The molecular weight excluding hydrogens is 390 g/mol. The number of nitrogens with zero attached hydrogens (tertiary/aromatic N) is 1. The van der Waals surface area contributed by atoms with E-state index in [9.17, 15) is 9.59 Å². The minimum Gasteiger partial charge on any atom is -0.465 e. The number of aryl methyl sites for hydroxylation is 1. The molecule has 5 heteroatoms. The molecule has 0 spiro atoms. The monoisotopic (exact) mass is 427 g/mol. The molecule has 0 atom stereocenters. The van der Waals surface area contributed by atoms with Gasteiger partial charge in [-0.2, -0.15) is 0 Å². The topological polar surface area (TPSA) is 57.5 Å². The Bertz CT molecular complexity index is 910. The number of esters is 2. The quantitative estimate of drug-likeness (QED) is 0.414. The van der Waals surface area contributed by atoms with E-state index in [4.69, 9.17) is 9.47 Å². The Morgan fingerprint density at radius 1 is 0.968 bits per heavy atom. The number of para-hydroxylation sites is 1. The third kappa shape index (κ3) is 6.22. The summed E-state index contributed by atoms with van der Waals surface area (Å²) in [4.78, 5) is 25.0. The highest BCUT2D eigenvalue weighted by molar-refractivity contribution is 5.81. The second kappa shape index (κ2) is 9.29. The number of hydrogen-bond acceptors (Lipinski definition) is 4. The Morgan fingerprint density at radius 3 is 1.94 bits per heavy atom. The Kier molecular flexibility index (Phi) is 7.40. The van der Waals surface area contributed by atoms with Gasteiger partial charge in [-0.15, -0.1) is 6.58 Å². The van der Waals surface area contributed by atoms with Crippen LogP contribution in [0.1, 0.15) is 53.7 Å². The smallest absolute Gasteiger partial charge is 0.311 e. The summed E-state index contributed by atoms with van der Waals surface area (Å²) in [6, 6.07) is 10.3. The molecule has 1 aromatic heterocycles. The Balaban J connectivity index is 2.39. The number of fused-ring (bicyclic) bond motifs is 1. The Labute approximate surface area is 186 Å². The maximum absolute atomic E-state index is 12.5. The van der Waals surface area contributed by atoms with Gasteiger partial charge in [-0.05, 0) is 65.5 Å². The molecule has 0 unspecified atom stereocenters. The number of allylic oxidation sites excluding steroid dienone is 1. The fraction of sp³-hybridized carbons (Fsp3) is 0.538. The third-order valence-corrected chi connectivity index (χ3v) is 5.43. The first-order valence-electron chi connectivity index (χ1n) is 10.8. The molecule has 0 radical (unpaired) electrons. The third-order valence-electron chi connectivity index (χ3n) is 5.43. The van der Waals surface area contributed by atoms with Crippen LogP contribution >= 0.6 is 0 Å². The van der Waals surface area contributed by atoms with Crippen LogP contribution in [0.25, 0.3) is 10.9 Å². The van der Waals surface area contributed by atoms with E-state index in [1.54, 1.807) is 6.08 Å². The lowest BCUT2D eigenvalue weighted by atomic mass is 9.81. The molecule has 0 fully saturated rings. The predicted molar refractivity (Wildman–Crippen MR) is 125 cm³/mol. The largest absolute Gasteiger partial charge is 0.465 e. The van der Waals surface area contributed by atoms with Crippen molar-refractivity contribution in [1.29, 1.82) is 0 Å². The van der Waals surface area contributed by atoms with Crippen molar-refractivity contribution in [3.8, 4) is 0 Å². The summed E-state index contributed by atoms with van der Waals surface area (Å²) in [6.45, 7) is 15.2. The van der Waals surface area contributed by atoms with E-state index in [1.807, 2.05) is 60.7 Å². The van der Waals surface area contributed by atoms with Gasteiger partial charge in [0.1, 0.15) is 13.2 Å². The van der Waals surface area contributed by atoms with Gasteiger partial charge in [0, 0.05) is 30.1 Å². The summed E-state index contributed by atoms with van der Waals surface area (Å²) in [6.07, 6.45) is 2.93. The molecular formula is C26H37NO4. The number of carbonyl (C=O) groups is 2. The molecule has 2 aromatic rings. The van der Waals surface area contributed by atoms with Crippen LogP contribution in [-0.4, -0.2) is 29.7 Å². The zero-order valence-corrected chi connectivity index (χ0v) is 20.1. The van der Waals surface area contributed by atoms with E-state index in [0.29, 0.717) is 12.8 Å². The zero-order valence-electron chi connectivity index (χ0n) is 20.1. The minimum atomic E-state index is -0.609. The van der Waals surface area contributed by atoms with Crippen LogP contribution in [0.2, 0.25) is 0 Å². The summed E-state index contributed by atoms with van der Waals surface area (Å²) < 4.78 is 13.6. The van der Waals surface area contributed by atoms with Gasteiger partial charge in [0.2, 0.25) is 0 Å². The maximum Gasteiger partial charge on any atom is 0.311 e. The first-order valence-corrected chi connectivity index (χ1v) is 10.8. The van der Waals surface area contributed by atoms with Gasteiger partial charge < -0.3 is 14.0 Å². The molecule has 0 N–H and O–H groups in total. The van der Waals surface area contributed by atoms with E-state index in [1.165, 1.54) is 0 Å². The first kappa shape index (κ1) is 24.7. The summed E-state index contributed by atoms with van der Waals surface area (Å²) in [5.74, 6) is -0.555. The molecule has 0 aliphatic carbocycles. The average molecular weight is 428 g/mol. The fourth-order valence-corrected chi connectivity index (χ4v) is 3.41. The summed E-state index contributed by atoms with van der Waals surface area (Å²) in [5.41, 5.74) is 0.389. The van der Waals surface area contributed by atoms with Crippen molar-refractivity contribution in [2.45, 2.75) is 54.4 Å². The van der Waals surface area contributed by atoms with E-state index in [0.717, 1.165) is 16.6 Å². The lowest BCUT2D eigenvalue weighted by Crippen LogP contribution is -2.39. The van der Waals surface area contributed by atoms with Gasteiger partial charge in [-0.3, -0.25) is 9.59 Å². The number of hydrogen-bond donors (Lipinski definition) is 0. The standard InChI is InChI=1S/C26H37NO4/c1-9-14-26(17-30-22(28)24(2,3)4,18-31-23(29)25(5,6)7)16-20-15-19-12-10-11-13-21(19)27(20)8/h9-13,15H,1,14,16-18H2,2-8H3. The molecule has 1 heterocycles. The molecule has 0 amide bonds. The molecule has 5 nitrogen and oxygen atoms in total. The van der Waals surface area contributed by atoms with Gasteiger partial charge in [0.25, 0.3) is 0 Å². The van der Waals surface area contributed by atoms with Crippen LogP contribution in [0.5, 0.6) is 0 Å². The van der Waals surface area contributed by atoms with Gasteiger partial charge >= 0.3 is 11.9 Å². The van der Waals surface area contributed by atoms with Gasteiger partial charge in [-0.25, -0.2) is 0 Å². The van der Waals surface area contributed by atoms with E-state index in [-0.39, 0.29) is 25.2 Å². The normalized spacial score (nSPS) is 12.6. The van der Waals surface area contributed by atoms with Crippen molar-refractivity contribution in [2.75, 3.05) is 13.2 Å². The molecule has 2 rings (SSSR count). The minimum absolute atomic E-state index is 0.147. The van der Waals surface area contributed by atoms with Crippen LogP contribution < -0.4 is 0 Å². The lowest BCUT2D eigenvalue weighted by molar-refractivity contribution is -0.164. The van der Waals surface area contributed by atoms with Crippen LogP contribution in [0, 0.1) is 16.2 Å². The molecule has 0 aliphatic rings. The van der Waals surface area contributed by atoms with Crippen molar-refractivity contribution >= 4 is 22.8 Å². The molecule has 0 saturated heterocycles. The van der Waals surface area contributed by atoms with Crippen LogP contribution in [0.15, 0.2) is 43.0 Å². The maximum atomic E-state index is 12.5. The fourth-order valence-electron chi connectivity index (χ4n) is 3.41. The SMILES string of the molecule is C=CCC(COC(=O)C(C)(C)C)(COC(=O)C(C)(C)C)Cc1cc2ccccc2n1C. The van der Waals surface area contributed by atoms with Crippen molar-refractivity contribution < 1.29 is 19.1 Å². The lowest BCUT2D eigenvalue weighted by Gasteiger charge is -2.34. The second-order valence-corrected chi connectivity index (χ2v) is 10.6. The van der Waals surface area contributed by atoms with Crippen molar-refractivity contribution in [3.05, 3.63) is 48.7 Å². The average Bonchev–Trinajstić information content (AvgIpc) is 2.98. The number of ether oxygens (including phenoxy) is 2. The van der Waals surface area contributed by atoms with Gasteiger partial charge in [0.15, 0.2) is 0 Å². The van der Waals surface area contributed by atoms with E-state index in [2.05, 4.69) is 29.3 Å². The predicted octanol–water partition coefficient (Wildman–Crippen LogP) is 5.46. The summed E-state index contributed by atoms with van der Waals surface area (Å²) >= 11 is 0. The first-order chi connectivity index (χ1) is 14.3. The molecule has 0 saturated carbocycles. The highest BCUT2D eigenvalue weighted by Crippen LogP contribution is 2.33. The number of aromatic nitrogens is 1. The highest BCUT2D eigenvalue weighted by Gasteiger charge is 2.37. The summed E-state index contributed by atoms with van der Waals surface area (Å²) in [7, 11) is 2.03. The Hall–Kier alpha value is -2.56. The van der Waals surface area contributed by atoms with E-state index >= 15 is 0 Å². The zero-order chi connectivity index (χ0) is 23.4. The second-order valence-electron chi connectivity index (χ2n) is 10.6. The van der Waals surface area contributed by atoms with Crippen LogP contribution in [0.3, 0.4) is 0 Å². The van der Waals surface area contributed by atoms with Gasteiger partial charge in [0.05, 0.1) is 10.8 Å². The number of rotatable bonds is 8. The van der Waals surface area contributed by atoms with Crippen molar-refractivity contribution in [2.24, 2.45) is 23.3 Å². The van der Waals surface area contributed by atoms with E-state index < -0.39 is 16.2 Å². The van der Waals surface area contributed by atoms with Gasteiger partial charge in [-0.1, -0.05) is 24.3 Å². The Morgan fingerprint density at radius 2 is 1.48 bits per heavy atom. The highest BCUT2D eigenvalue weighted by atomic mass is 16.5. The number of benzene rings is 1. The van der Waals surface area contributed by atoms with Crippen LogP contribution in [0.4, 0.5) is 0 Å².